The number of thiazole rings is 1. The molecule has 0 bridgehead atoms. The Morgan fingerprint density at radius 3 is 2.18 bits per heavy atom. The van der Waals surface area contributed by atoms with Crippen molar-refractivity contribution in [3.63, 3.8) is 0 Å². The third kappa shape index (κ3) is 6.51. The molecule has 0 saturated carbocycles. The average Bonchev–Trinajstić information content (AvgIpc) is 3.50. The van der Waals surface area contributed by atoms with Crippen molar-refractivity contribution in [1.29, 1.82) is 0 Å². The second-order valence-electron chi connectivity index (χ2n) is 11.5. The highest BCUT2D eigenvalue weighted by Gasteiger charge is 2.56. The molecule has 3 N–H and O–H groups in total. The van der Waals surface area contributed by atoms with Gasteiger partial charge >= 0.3 is 10.8 Å². The van der Waals surface area contributed by atoms with Gasteiger partial charge in [0.25, 0.3) is 0 Å². The van der Waals surface area contributed by atoms with E-state index in [-0.39, 0.29) is 23.6 Å². The minimum atomic E-state index is -3.92. The molecule has 0 spiro atoms. The molecule has 2 aliphatic rings. The van der Waals surface area contributed by atoms with E-state index in [2.05, 4.69) is 5.32 Å². The molecule has 3 amide bonds. The zero-order valence-electron chi connectivity index (χ0n) is 26.5. The van der Waals surface area contributed by atoms with Gasteiger partial charge in [0.1, 0.15) is 11.8 Å². The van der Waals surface area contributed by atoms with Crippen molar-refractivity contribution in [2.45, 2.75) is 34.6 Å². The molecular weight excluding hydrogens is 691 g/mol. The van der Waals surface area contributed by atoms with E-state index in [9.17, 15) is 32.4 Å². The number of nitrogens with two attached hydrogens (primary N) is 1. The number of nitrogens with zero attached hydrogens (tertiary/aromatic N) is 3. The van der Waals surface area contributed by atoms with Gasteiger partial charge in [0.15, 0.2) is 0 Å². The first-order valence-electron chi connectivity index (χ1n) is 15.0. The van der Waals surface area contributed by atoms with Crippen LogP contribution in [0, 0.1) is 5.92 Å². The van der Waals surface area contributed by atoms with Crippen molar-refractivity contribution in [3.05, 3.63) is 98.5 Å². The van der Waals surface area contributed by atoms with Crippen LogP contribution in [-0.4, -0.2) is 62.6 Å². The molecule has 0 radical (unpaired) electrons. The number of carbonyl (C=O) groups is 4. The Morgan fingerprint density at radius 2 is 1.59 bits per heavy atom. The number of rotatable bonds is 9. The summed E-state index contributed by atoms with van der Waals surface area (Å²) in [6.45, 7) is 1.51. The summed E-state index contributed by atoms with van der Waals surface area (Å²) in [5.74, 6) is -3.51. The van der Waals surface area contributed by atoms with Gasteiger partial charge in [-0.3, -0.25) is 23.7 Å². The lowest BCUT2D eigenvalue weighted by molar-refractivity contribution is -0.122. The molecule has 1 fully saturated rings. The Kier molecular flexibility index (Phi) is 9.23. The zero-order valence-corrected chi connectivity index (χ0v) is 28.9. The van der Waals surface area contributed by atoms with Gasteiger partial charge in [0.05, 0.1) is 33.7 Å². The minimum Gasteiger partial charge on any atom is -0.462 e. The summed E-state index contributed by atoms with van der Waals surface area (Å²) in [4.78, 5) is 70.1. The highest BCUT2D eigenvalue weighted by atomic mass is 32.2. The topological polar surface area (TPSA) is 178 Å². The summed E-state index contributed by atoms with van der Waals surface area (Å²) in [7, 11) is -0.123. The normalized spacial score (nSPS) is 18.5. The van der Waals surface area contributed by atoms with E-state index in [1.165, 1.54) is 53.1 Å². The number of aromatic nitrogens is 1. The smallest absolute Gasteiger partial charge is 0.338 e. The minimum absolute atomic E-state index is 0.121. The average molecular weight is 722 g/mol. The lowest BCUT2D eigenvalue weighted by Crippen LogP contribution is -2.33. The van der Waals surface area contributed by atoms with Crippen LogP contribution >= 0.6 is 23.1 Å². The van der Waals surface area contributed by atoms with Crippen molar-refractivity contribution in [2.75, 3.05) is 35.8 Å². The van der Waals surface area contributed by atoms with Crippen LogP contribution in [0.25, 0.3) is 0 Å². The molecule has 1 aromatic heterocycles. The van der Waals surface area contributed by atoms with E-state index in [1.807, 2.05) is 43.3 Å². The van der Waals surface area contributed by atoms with E-state index in [0.29, 0.717) is 21.3 Å². The Labute approximate surface area is 289 Å². The first kappa shape index (κ1) is 34.1. The number of primary sulfonamides is 1. The molecule has 4 aromatic rings. The molecule has 49 heavy (non-hydrogen) atoms. The maximum Gasteiger partial charge on any atom is 0.338 e. The number of carbonyl (C=O) groups excluding carboxylic acids is 4. The first-order valence-corrected chi connectivity index (χ1v) is 18.3. The van der Waals surface area contributed by atoms with Gasteiger partial charge in [-0.05, 0) is 73.2 Å². The van der Waals surface area contributed by atoms with Gasteiger partial charge in [-0.1, -0.05) is 35.2 Å². The van der Waals surface area contributed by atoms with Crippen LogP contribution in [0.3, 0.4) is 0 Å². The van der Waals surface area contributed by atoms with E-state index < -0.39 is 55.7 Å². The summed E-state index contributed by atoms with van der Waals surface area (Å²) in [6, 6.07) is 18.9. The number of thioether (sulfide) groups is 1. The fourth-order valence-electron chi connectivity index (χ4n) is 5.88. The van der Waals surface area contributed by atoms with Crippen molar-refractivity contribution in [2.24, 2.45) is 11.1 Å². The molecule has 254 valence electrons. The van der Waals surface area contributed by atoms with Crippen molar-refractivity contribution >= 4 is 73.9 Å². The van der Waals surface area contributed by atoms with Crippen LogP contribution in [0.1, 0.15) is 33.6 Å². The van der Waals surface area contributed by atoms with Crippen LogP contribution in [-0.2, 0) is 35.7 Å². The summed E-state index contributed by atoms with van der Waals surface area (Å²) < 4.78 is 29.5. The number of ether oxygens (including phenoxy) is 1. The number of esters is 1. The molecule has 0 unspecified atom stereocenters. The molecular formula is C33H31N5O8S3. The Balaban J connectivity index is 1.35. The van der Waals surface area contributed by atoms with Gasteiger partial charge < -0.3 is 15.0 Å². The second-order valence-corrected chi connectivity index (χ2v) is 15.2. The van der Waals surface area contributed by atoms with Gasteiger partial charge in [0.2, 0.25) is 27.7 Å². The molecule has 3 atom stereocenters. The van der Waals surface area contributed by atoms with Crippen molar-refractivity contribution < 1.29 is 32.3 Å². The molecule has 0 aliphatic carbocycles. The van der Waals surface area contributed by atoms with Crippen LogP contribution in [0.5, 0.6) is 0 Å². The number of hydrogen-bond donors (Lipinski definition) is 2. The Hall–Kier alpha value is -4.77. The van der Waals surface area contributed by atoms with Crippen molar-refractivity contribution in [3.8, 4) is 0 Å². The standard InChI is InChI=1S/C33H31N5O8S3/c1-4-46-32(42)19-7-13-22(14-8-19)38-29(40)26-25(18-5-11-21(12-6-18)36(2)3)28-31(47-27(26)30(38)41)37(33(43)48-28)17-24(39)35-20-9-15-23(16-10-20)49(34,44)45/h5-16,25-27H,4,17H2,1-3H3,(H,35,39)(H2,34,44,45)/t25-,26-,27+/m0/s1. The largest absolute Gasteiger partial charge is 0.462 e. The number of hydrogen-bond acceptors (Lipinski definition) is 11. The van der Waals surface area contributed by atoms with Crippen LogP contribution in [0.2, 0.25) is 0 Å². The summed E-state index contributed by atoms with van der Waals surface area (Å²) in [6.07, 6.45) is 0. The lowest BCUT2D eigenvalue weighted by atomic mass is 9.83. The number of anilines is 3. The molecule has 13 nitrogen and oxygen atoms in total. The number of benzene rings is 3. The predicted octanol–water partition coefficient (Wildman–Crippen LogP) is 3.23. The van der Waals surface area contributed by atoms with Gasteiger partial charge in [-0.2, -0.15) is 0 Å². The highest BCUT2D eigenvalue weighted by Crippen LogP contribution is 2.54. The fourth-order valence-corrected chi connectivity index (χ4v) is 9.17. The number of imide groups is 1. The maximum atomic E-state index is 14.2. The Bertz CT molecular complexity index is 2130. The summed E-state index contributed by atoms with van der Waals surface area (Å²) in [5, 5.41) is 7.32. The van der Waals surface area contributed by atoms with Crippen LogP contribution in [0.15, 0.2) is 87.5 Å². The highest BCUT2D eigenvalue weighted by molar-refractivity contribution is 8.00. The third-order valence-corrected chi connectivity index (χ3v) is 11.8. The third-order valence-electron chi connectivity index (χ3n) is 8.22. The van der Waals surface area contributed by atoms with Crippen LogP contribution < -0.4 is 25.1 Å². The van der Waals surface area contributed by atoms with E-state index in [4.69, 9.17) is 9.88 Å². The number of amides is 3. The monoisotopic (exact) mass is 721 g/mol. The molecule has 3 aromatic carbocycles. The number of fused-ring (bicyclic) bond motifs is 2. The Morgan fingerprint density at radius 1 is 0.939 bits per heavy atom. The SMILES string of the molecule is CCOC(=O)c1ccc(N2C(=O)[C@H]3[C@H](c4ccc(N(C)C)cc4)c4sc(=O)n(CC(=O)Nc5ccc(S(N)(=O)=O)cc5)c4S[C@H]3C2=O)cc1. The van der Waals surface area contributed by atoms with Crippen LogP contribution in [0.4, 0.5) is 17.1 Å². The zero-order chi connectivity index (χ0) is 35.2. The fraction of sp³-hybridized carbons (Fsp3) is 0.242. The quantitative estimate of drug-likeness (QED) is 0.193. The molecule has 6 rings (SSSR count). The molecule has 1 saturated heterocycles. The second kappa shape index (κ2) is 13.3. The van der Waals surface area contributed by atoms with Crippen molar-refractivity contribution in [1.82, 2.24) is 4.57 Å². The van der Waals surface area contributed by atoms with Gasteiger partial charge in [-0.15, -0.1) is 0 Å². The van der Waals surface area contributed by atoms with E-state index >= 15 is 0 Å². The van der Waals surface area contributed by atoms with Gasteiger partial charge in [-0.25, -0.2) is 23.3 Å². The lowest BCUT2D eigenvalue weighted by Gasteiger charge is -2.31. The van der Waals surface area contributed by atoms with Gasteiger partial charge in [0, 0.05) is 36.3 Å². The molecule has 16 heteroatoms. The summed E-state index contributed by atoms with van der Waals surface area (Å²) >= 11 is 2.00. The first-order chi connectivity index (χ1) is 23.3. The van der Waals surface area contributed by atoms with E-state index in [1.54, 1.807) is 6.92 Å². The van der Waals surface area contributed by atoms with E-state index in [0.717, 1.165) is 39.2 Å². The molecule has 2 aliphatic heterocycles. The maximum absolute atomic E-state index is 14.2. The number of nitrogens with one attached hydrogen (secondary N) is 1. The molecule has 3 heterocycles. The number of sulfonamides is 1. The summed E-state index contributed by atoms with van der Waals surface area (Å²) in [5.41, 5.74) is 2.52. The predicted molar refractivity (Wildman–Crippen MR) is 186 cm³/mol.